The van der Waals surface area contributed by atoms with Crippen molar-refractivity contribution in [1.82, 2.24) is 4.57 Å². The Morgan fingerprint density at radius 3 is 2.37 bits per heavy atom. The van der Waals surface area contributed by atoms with Gasteiger partial charge >= 0.3 is 0 Å². The van der Waals surface area contributed by atoms with Crippen LogP contribution in [-0.4, -0.2) is 10.9 Å². The summed E-state index contributed by atoms with van der Waals surface area (Å²) in [5, 5.41) is 0.752. The van der Waals surface area contributed by atoms with Gasteiger partial charge in [-0.2, -0.15) is 0 Å². The number of rotatable bonds is 2. The molecule has 3 rings (SSSR count). The number of halogens is 2. The summed E-state index contributed by atoms with van der Waals surface area (Å²) in [6, 6.07) is 10.5. The monoisotopic (exact) mass is 257 g/mol. The lowest BCUT2D eigenvalue weighted by Crippen LogP contribution is -1.94. The Balaban J connectivity index is 2.33. The highest BCUT2D eigenvalue weighted by Crippen LogP contribution is 2.24. The summed E-state index contributed by atoms with van der Waals surface area (Å²) in [6.07, 6.45) is 2.31. The van der Waals surface area contributed by atoms with Gasteiger partial charge in [0.05, 0.1) is 11.2 Å². The topological polar surface area (TPSA) is 22.0 Å². The number of fused-ring (bicyclic) bond motifs is 1. The van der Waals surface area contributed by atoms with E-state index in [9.17, 15) is 13.6 Å². The minimum absolute atomic E-state index is 0.349. The Bertz CT molecular complexity index is 757. The lowest BCUT2D eigenvalue weighted by atomic mass is 10.2. The molecule has 0 amide bonds. The molecule has 0 aliphatic carbocycles. The second kappa shape index (κ2) is 4.31. The van der Waals surface area contributed by atoms with Crippen LogP contribution in [0, 0.1) is 11.6 Å². The maximum atomic E-state index is 13.3. The molecule has 2 nitrogen and oxygen atoms in total. The van der Waals surface area contributed by atoms with Gasteiger partial charge in [-0.3, -0.25) is 4.79 Å². The van der Waals surface area contributed by atoms with E-state index in [0.29, 0.717) is 11.3 Å². The van der Waals surface area contributed by atoms with E-state index >= 15 is 0 Å². The number of aromatic nitrogens is 1. The zero-order valence-corrected chi connectivity index (χ0v) is 9.81. The highest BCUT2D eigenvalue weighted by Gasteiger charge is 2.10. The SMILES string of the molecule is O=Cc1cn(-c2cc(F)cc(F)c2)c2ccccc12. The summed E-state index contributed by atoms with van der Waals surface area (Å²) in [5.74, 6) is -1.30. The maximum absolute atomic E-state index is 13.3. The zero-order valence-electron chi connectivity index (χ0n) is 9.81. The molecular formula is C15H9F2NO. The average Bonchev–Trinajstić information content (AvgIpc) is 2.76. The summed E-state index contributed by atoms with van der Waals surface area (Å²) in [6.45, 7) is 0. The number of carbonyl (C=O) groups is 1. The molecule has 19 heavy (non-hydrogen) atoms. The van der Waals surface area contributed by atoms with Crippen molar-refractivity contribution in [2.45, 2.75) is 0 Å². The predicted molar refractivity (Wildman–Crippen MR) is 68.6 cm³/mol. The average molecular weight is 257 g/mol. The molecular weight excluding hydrogens is 248 g/mol. The van der Waals surface area contributed by atoms with Crippen LogP contribution < -0.4 is 0 Å². The van der Waals surface area contributed by atoms with Crippen molar-refractivity contribution in [1.29, 1.82) is 0 Å². The second-order valence-corrected chi connectivity index (χ2v) is 4.22. The van der Waals surface area contributed by atoms with Crippen molar-refractivity contribution >= 4 is 17.2 Å². The molecule has 0 bridgehead atoms. The van der Waals surface area contributed by atoms with Crippen molar-refractivity contribution in [3.05, 3.63) is 65.9 Å². The van der Waals surface area contributed by atoms with Crippen molar-refractivity contribution in [3.63, 3.8) is 0 Å². The fourth-order valence-electron chi connectivity index (χ4n) is 2.19. The highest BCUT2D eigenvalue weighted by molar-refractivity contribution is 5.98. The molecule has 94 valence electrons. The summed E-state index contributed by atoms with van der Waals surface area (Å²) in [5.41, 5.74) is 1.57. The van der Waals surface area contributed by atoms with E-state index in [1.807, 2.05) is 12.1 Å². The lowest BCUT2D eigenvalue weighted by molar-refractivity contribution is 0.112. The molecule has 4 heteroatoms. The molecule has 0 aliphatic rings. The van der Waals surface area contributed by atoms with Gasteiger partial charge in [-0.15, -0.1) is 0 Å². The Morgan fingerprint density at radius 2 is 1.68 bits per heavy atom. The summed E-state index contributed by atoms with van der Waals surface area (Å²) in [7, 11) is 0. The van der Waals surface area contributed by atoms with Gasteiger partial charge in [-0.05, 0) is 18.2 Å². The molecule has 0 saturated heterocycles. The van der Waals surface area contributed by atoms with Crippen LogP contribution in [0.5, 0.6) is 0 Å². The molecule has 2 aromatic carbocycles. The first kappa shape index (κ1) is 11.6. The third-order valence-electron chi connectivity index (χ3n) is 3.00. The molecule has 0 saturated carbocycles. The molecule has 0 atom stereocenters. The molecule has 0 aliphatic heterocycles. The first-order valence-electron chi connectivity index (χ1n) is 5.71. The van der Waals surface area contributed by atoms with E-state index in [1.54, 1.807) is 22.9 Å². The molecule has 0 fully saturated rings. The number of para-hydroxylation sites is 1. The molecule has 1 aromatic heterocycles. The molecule has 0 N–H and O–H groups in total. The number of carbonyl (C=O) groups excluding carboxylic acids is 1. The Kier molecular flexibility index (Phi) is 2.63. The molecule has 0 unspecified atom stereocenters. The van der Waals surface area contributed by atoms with Crippen LogP contribution in [0.3, 0.4) is 0 Å². The number of hydrogen-bond donors (Lipinski definition) is 0. The number of aldehydes is 1. The van der Waals surface area contributed by atoms with Gasteiger partial charge in [0.1, 0.15) is 11.6 Å². The van der Waals surface area contributed by atoms with E-state index in [1.165, 1.54) is 12.1 Å². The van der Waals surface area contributed by atoms with Crippen LogP contribution in [-0.2, 0) is 0 Å². The largest absolute Gasteiger partial charge is 0.316 e. The van der Waals surface area contributed by atoms with E-state index in [-0.39, 0.29) is 0 Å². The fourth-order valence-corrected chi connectivity index (χ4v) is 2.19. The predicted octanol–water partition coefficient (Wildman–Crippen LogP) is 3.72. The molecule has 3 aromatic rings. The van der Waals surface area contributed by atoms with Crippen LogP contribution in [0.1, 0.15) is 10.4 Å². The van der Waals surface area contributed by atoms with Gasteiger partial charge in [-0.25, -0.2) is 8.78 Å². The molecule has 0 spiro atoms. The minimum Gasteiger partial charge on any atom is -0.316 e. The number of benzene rings is 2. The Morgan fingerprint density at radius 1 is 1.00 bits per heavy atom. The van der Waals surface area contributed by atoms with Crippen LogP contribution in [0.25, 0.3) is 16.6 Å². The van der Waals surface area contributed by atoms with E-state index in [4.69, 9.17) is 0 Å². The Hall–Kier alpha value is -2.49. The summed E-state index contributed by atoms with van der Waals surface area (Å²) in [4.78, 5) is 11.0. The van der Waals surface area contributed by atoms with Gasteiger partial charge < -0.3 is 4.57 Å². The van der Waals surface area contributed by atoms with E-state index in [0.717, 1.165) is 23.3 Å². The zero-order chi connectivity index (χ0) is 13.4. The second-order valence-electron chi connectivity index (χ2n) is 4.22. The van der Waals surface area contributed by atoms with Crippen molar-refractivity contribution in [2.75, 3.05) is 0 Å². The van der Waals surface area contributed by atoms with E-state index < -0.39 is 11.6 Å². The number of hydrogen-bond acceptors (Lipinski definition) is 1. The quantitative estimate of drug-likeness (QED) is 0.641. The van der Waals surface area contributed by atoms with Gasteiger partial charge in [0.25, 0.3) is 0 Å². The highest BCUT2D eigenvalue weighted by atomic mass is 19.1. The van der Waals surface area contributed by atoms with Crippen molar-refractivity contribution in [2.24, 2.45) is 0 Å². The minimum atomic E-state index is -0.652. The lowest BCUT2D eigenvalue weighted by Gasteiger charge is -2.05. The van der Waals surface area contributed by atoms with Crippen molar-refractivity contribution in [3.8, 4) is 5.69 Å². The van der Waals surface area contributed by atoms with Crippen LogP contribution in [0.4, 0.5) is 8.78 Å². The normalized spacial score (nSPS) is 10.8. The first-order valence-corrected chi connectivity index (χ1v) is 5.71. The van der Waals surface area contributed by atoms with Crippen LogP contribution in [0.15, 0.2) is 48.7 Å². The smallest absolute Gasteiger partial charge is 0.152 e. The third-order valence-corrected chi connectivity index (χ3v) is 3.00. The van der Waals surface area contributed by atoms with Crippen LogP contribution in [0.2, 0.25) is 0 Å². The fraction of sp³-hybridized carbons (Fsp3) is 0. The van der Waals surface area contributed by atoms with Gasteiger partial charge in [0, 0.05) is 23.2 Å². The van der Waals surface area contributed by atoms with Gasteiger partial charge in [-0.1, -0.05) is 18.2 Å². The first-order chi connectivity index (χ1) is 9.19. The molecule has 1 heterocycles. The number of nitrogens with zero attached hydrogens (tertiary/aromatic N) is 1. The standard InChI is InChI=1S/C15H9F2NO/c16-11-5-12(17)7-13(6-11)18-8-10(9-19)14-3-1-2-4-15(14)18/h1-9H. The molecule has 0 radical (unpaired) electrons. The summed E-state index contributed by atoms with van der Waals surface area (Å²) < 4.78 is 28.2. The third kappa shape index (κ3) is 1.91. The maximum Gasteiger partial charge on any atom is 0.152 e. The van der Waals surface area contributed by atoms with Gasteiger partial charge in [0.2, 0.25) is 0 Å². The van der Waals surface area contributed by atoms with Crippen molar-refractivity contribution < 1.29 is 13.6 Å². The van der Waals surface area contributed by atoms with Gasteiger partial charge in [0.15, 0.2) is 6.29 Å². The van der Waals surface area contributed by atoms with Crippen LogP contribution >= 0.6 is 0 Å². The van der Waals surface area contributed by atoms with E-state index in [2.05, 4.69) is 0 Å². The Labute approximate surface area is 107 Å². The summed E-state index contributed by atoms with van der Waals surface area (Å²) >= 11 is 0.